The van der Waals surface area contributed by atoms with Crippen molar-refractivity contribution < 1.29 is 24.1 Å². The topological polar surface area (TPSA) is 113 Å². The Bertz CT molecular complexity index is 1750. The van der Waals surface area contributed by atoms with E-state index in [0.29, 0.717) is 14.9 Å². The molecule has 0 unspecified atom stereocenters. The van der Waals surface area contributed by atoms with Crippen LogP contribution >= 0.6 is 27.7 Å². The molecule has 0 aliphatic heterocycles. The molecule has 2 aromatic heterocycles. The second kappa shape index (κ2) is 8.79. The molecule has 3 aromatic carbocycles. The number of rotatable bonds is 4. The fraction of sp³-hybridized carbons (Fsp3) is 0.0400. The molecule has 0 radical (unpaired) electrons. The van der Waals surface area contributed by atoms with E-state index >= 15 is 0 Å². The highest BCUT2D eigenvalue weighted by molar-refractivity contribution is 9.10. The molecule has 0 saturated carbocycles. The number of pyridine rings is 1. The number of phenolic OH excluding ortho intramolecular Hbond substituents is 2. The van der Waals surface area contributed by atoms with Gasteiger partial charge in [0, 0.05) is 20.8 Å². The van der Waals surface area contributed by atoms with E-state index in [4.69, 9.17) is 4.42 Å². The number of aromatic nitrogens is 1. The normalized spacial score (nSPS) is 11.4. The van der Waals surface area contributed by atoms with E-state index < -0.39 is 34.3 Å². The second-order valence-electron chi connectivity index (χ2n) is 7.68. The summed E-state index contributed by atoms with van der Waals surface area (Å²) >= 11 is 4.32. The monoisotopic (exact) mass is 555 g/mol. The first-order valence-electron chi connectivity index (χ1n) is 10.2. The first kappa shape index (κ1) is 23.0. The Hall–Kier alpha value is -3.76. The quantitative estimate of drug-likeness (QED) is 0.203. The van der Waals surface area contributed by atoms with Crippen LogP contribution in [0.25, 0.3) is 21.9 Å². The Labute approximate surface area is 208 Å². The summed E-state index contributed by atoms with van der Waals surface area (Å²) in [7, 11) is 0. The van der Waals surface area contributed by atoms with E-state index in [1.54, 1.807) is 24.3 Å². The van der Waals surface area contributed by atoms with E-state index in [9.17, 15) is 29.3 Å². The van der Waals surface area contributed by atoms with Gasteiger partial charge in [-0.1, -0.05) is 36.0 Å². The van der Waals surface area contributed by atoms with Crippen molar-refractivity contribution in [2.45, 2.75) is 16.3 Å². The molecule has 176 valence electrons. The second-order valence-corrected chi connectivity index (χ2v) is 9.59. The van der Waals surface area contributed by atoms with Crippen molar-refractivity contribution in [2.75, 3.05) is 0 Å². The molecule has 5 aromatic rings. The molecule has 0 aliphatic rings. The van der Waals surface area contributed by atoms with E-state index in [1.807, 2.05) is 0 Å². The lowest BCUT2D eigenvalue weighted by atomic mass is 10.1. The number of hydrogen-bond donors (Lipinski definition) is 3. The highest BCUT2D eigenvalue weighted by Crippen LogP contribution is 2.40. The van der Waals surface area contributed by atoms with Gasteiger partial charge in [-0.05, 0) is 51.8 Å². The minimum absolute atomic E-state index is 0.0406. The highest BCUT2D eigenvalue weighted by Gasteiger charge is 2.24. The van der Waals surface area contributed by atoms with Gasteiger partial charge >= 0.3 is 5.63 Å². The minimum atomic E-state index is -0.875. The Morgan fingerprint density at radius 2 is 1.66 bits per heavy atom. The molecular weight excluding hydrogens is 541 g/mol. The molecule has 0 spiro atoms. The predicted molar refractivity (Wildman–Crippen MR) is 133 cm³/mol. The van der Waals surface area contributed by atoms with Crippen LogP contribution in [0.5, 0.6) is 17.2 Å². The van der Waals surface area contributed by atoms with Crippen LogP contribution < -0.4 is 11.2 Å². The van der Waals surface area contributed by atoms with Gasteiger partial charge in [-0.3, -0.25) is 4.79 Å². The van der Waals surface area contributed by atoms with E-state index in [0.717, 1.165) is 23.9 Å². The fourth-order valence-electron chi connectivity index (χ4n) is 3.77. The van der Waals surface area contributed by atoms with Gasteiger partial charge in [0.05, 0.1) is 12.1 Å². The minimum Gasteiger partial charge on any atom is -0.505 e. The number of aromatic hydroxyl groups is 3. The van der Waals surface area contributed by atoms with Crippen LogP contribution in [-0.4, -0.2) is 19.9 Å². The average molecular weight is 556 g/mol. The van der Waals surface area contributed by atoms with Gasteiger partial charge in [0.15, 0.2) is 22.8 Å². The first-order chi connectivity index (χ1) is 16.7. The van der Waals surface area contributed by atoms with Crippen LogP contribution in [0.1, 0.15) is 5.56 Å². The van der Waals surface area contributed by atoms with Gasteiger partial charge in [0.1, 0.15) is 16.1 Å². The number of hydrogen-bond acceptors (Lipinski definition) is 7. The Balaban J connectivity index is 1.83. The van der Waals surface area contributed by atoms with Gasteiger partial charge in [0.2, 0.25) is 0 Å². The molecule has 0 aliphatic carbocycles. The number of phenols is 2. The first-order valence-corrected chi connectivity index (χ1v) is 11.8. The summed E-state index contributed by atoms with van der Waals surface area (Å²) in [6, 6.07) is 14.8. The maximum Gasteiger partial charge on any atom is 0.354 e. The van der Waals surface area contributed by atoms with Crippen LogP contribution in [0.4, 0.5) is 4.39 Å². The molecule has 3 N–H and O–H groups in total. The summed E-state index contributed by atoms with van der Waals surface area (Å²) in [5, 5.41) is 31.2. The molecule has 10 heteroatoms. The molecule has 2 heterocycles. The largest absolute Gasteiger partial charge is 0.505 e. The maximum absolute atomic E-state index is 13.6. The molecule has 7 nitrogen and oxygen atoms in total. The van der Waals surface area contributed by atoms with Crippen LogP contribution in [0.3, 0.4) is 0 Å². The number of nitrogens with zero attached hydrogens (tertiary/aromatic N) is 1. The molecule has 0 bridgehead atoms. The maximum atomic E-state index is 13.6. The zero-order chi connectivity index (χ0) is 24.9. The summed E-state index contributed by atoms with van der Waals surface area (Å²) in [6.07, 6.45) is 0. The molecule has 0 fully saturated rings. The van der Waals surface area contributed by atoms with Crippen molar-refractivity contribution in [1.82, 2.24) is 4.57 Å². The standard InChI is InChI=1S/C25H15BrFNO6S/c26-15-3-1-2-4-19(15)35-23-21(31)20-22(34-25(23)33)14-9-17(29)18(30)10-16(14)28(24(20)32)11-12-5-7-13(27)8-6-12/h1-10,29-31H,11H2. The molecule has 0 amide bonds. The third-order valence-corrected chi connectivity index (χ3v) is 7.54. The smallest absolute Gasteiger partial charge is 0.354 e. The summed E-state index contributed by atoms with van der Waals surface area (Å²) in [5.74, 6) is -2.00. The lowest BCUT2D eigenvalue weighted by Gasteiger charge is -2.15. The fourth-order valence-corrected chi connectivity index (χ4v) is 5.15. The highest BCUT2D eigenvalue weighted by atomic mass is 79.9. The van der Waals surface area contributed by atoms with Crippen molar-refractivity contribution in [2.24, 2.45) is 0 Å². The van der Waals surface area contributed by atoms with Crippen molar-refractivity contribution in [1.29, 1.82) is 0 Å². The summed E-state index contributed by atoms with van der Waals surface area (Å²) in [6.45, 7) is -0.0406. The molecule has 0 saturated heterocycles. The predicted octanol–water partition coefficient (Wildman–Crippen LogP) is 5.33. The van der Waals surface area contributed by atoms with E-state index in [-0.39, 0.29) is 33.3 Å². The van der Waals surface area contributed by atoms with Crippen LogP contribution in [0, 0.1) is 5.82 Å². The lowest BCUT2D eigenvalue weighted by Crippen LogP contribution is -2.22. The SMILES string of the molecule is O=c1oc2c(c(O)c1Sc1ccccc1Br)c(=O)n(Cc1ccc(F)cc1)c1cc(O)c(O)cc21. The van der Waals surface area contributed by atoms with Crippen LogP contribution in [0.15, 0.2) is 88.9 Å². The van der Waals surface area contributed by atoms with Gasteiger partial charge in [0.25, 0.3) is 5.56 Å². The van der Waals surface area contributed by atoms with Crippen molar-refractivity contribution in [3.8, 4) is 17.2 Å². The summed E-state index contributed by atoms with van der Waals surface area (Å²) in [5.41, 5.74) is -1.08. The number of fused-ring (bicyclic) bond motifs is 3. The third kappa shape index (κ3) is 4.04. The van der Waals surface area contributed by atoms with E-state index in [1.165, 1.54) is 28.8 Å². The van der Waals surface area contributed by atoms with Gasteiger partial charge in [-0.15, -0.1) is 0 Å². The van der Waals surface area contributed by atoms with Crippen molar-refractivity contribution in [3.05, 3.63) is 97.3 Å². The average Bonchev–Trinajstić information content (AvgIpc) is 2.82. The zero-order valence-corrected chi connectivity index (χ0v) is 20.1. The van der Waals surface area contributed by atoms with Crippen molar-refractivity contribution >= 4 is 49.6 Å². The summed E-state index contributed by atoms with van der Waals surface area (Å²) in [4.78, 5) is 26.9. The van der Waals surface area contributed by atoms with Crippen LogP contribution in [0.2, 0.25) is 0 Å². The number of halogens is 2. The van der Waals surface area contributed by atoms with Gasteiger partial charge < -0.3 is 24.3 Å². The lowest BCUT2D eigenvalue weighted by molar-refractivity contribution is 0.404. The summed E-state index contributed by atoms with van der Waals surface area (Å²) < 4.78 is 20.8. The van der Waals surface area contributed by atoms with Crippen LogP contribution in [-0.2, 0) is 6.54 Å². The Kier molecular flexibility index (Phi) is 5.78. The molecular formula is C25H15BrFNO6S. The molecule has 5 rings (SSSR count). The van der Waals surface area contributed by atoms with E-state index in [2.05, 4.69) is 15.9 Å². The van der Waals surface area contributed by atoms with Gasteiger partial charge in [-0.2, -0.15) is 0 Å². The molecule has 0 atom stereocenters. The van der Waals surface area contributed by atoms with Gasteiger partial charge in [-0.25, -0.2) is 9.18 Å². The zero-order valence-electron chi connectivity index (χ0n) is 17.7. The third-order valence-electron chi connectivity index (χ3n) is 5.45. The number of benzene rings is 3. The van der Waals surface area contributed by atoms with Crippen molar-refractivity contribution in [3.63, 3.8) is 0 Å². The Morgan fingerprint density at radius 3 is 2.37 bits per heavy atom. The molecule has 35 heavy (non-hydrogen) atoms. The Morgan fingerprint density at radius 1 is 0.971 bits per heavy atom.